The topological polar surface area (TPSA) is 59.6 Å². The summed E-state index contributed by atoms with van der Waals surface area (Å²) in [6.07, 6.45) is 1.73. The Hall–Kier alpha value is -2.40. The SMILES string of the molecule is Cc1c(Cl)cccc1NC(=O)NCc1c2c(cc3c1OCC3)OCC2. The van der Waals surface area contributed by atoms with E-state index >= 15 is 0 Å². The fourth-order valence-corrected chi connectivity index (χ4v) is 3.52. The number of amides is 2. The van der Waals surface area contributed by atoms with Crippen molar-refractivity contribution < 1.29 is 14.3 Å². The van der Waals surface area contributed by atoms with Crippen LogP contribution in [-0.4, -0.2) is 19.2 Å². The Kier molecular flexibility index (Phi) is 4.17. The fourth-order valence-electron chi connectivity index (χ4n) is 3.35. The zero-order valence-electron chi connectivity index (χ0n) is 13.9. The highest BCUT2D eigenvalue weighted by Gasteiger charge is 2.26. The van der Waals surface area contributed by atoms with Crippen LogP contribution in [0.2, 0.25) is 5.02 Å². The summed E-state index contributed by atoms with van der Waals surface area (Å²) in [7, 11) is 0. The molecule has 2 amide bonds. The number of hydrogen-bond acceptors (Lipinski definition) is 3. The second kappa shape index (κ2) is 6.48. The Labute approximate surface area is 151 Å². The van der Waals surface area contributed by atoms with E-state index in [9.17, 15) is 4.79 Å². The van der Waals surface area contributed by atoms with Gasteiger partial charge in [0, 0.05) is 46.8 Å². The van der Waals surface area contributed by atoms with Gasteiger partial charge in [-0.15, -0.1) is 0 Å². The summed E-state index contributed by atoms with van der Waals surface area (Å²) in [6, 6.07) is 7.24. The Morgan fingerprint density at radius 3 is 2.96 bits per heavy atom. The molecule has 0 fully saturated rings. The lowest BCUT2D eigenvalue weighted by molar-refractivity contribution is 0.251. The van der Waals surface area contributed by atoms with Crippen LogP contribution in [0.1, 0.15) is 22.3 Å². The molecule has 0 saturated heterocycles. The molecule has 0 aromatic heterocycles. The van der Waals surface area contributed by atoms with E-state index < -0.39 is 0 Å². The molecular formula is C19H19ClN2O3. The zero-order valence-corrected chi connectivity index (χ0v) is 14.7. The molecule has 2 aromatic carbocycles. The molecule has 6 heteroatoms. The maximum atomic E-state index is 12.3. The van der Waals surface area contributed by atoms with Crippen LogP contribution in [0.4, 0.5) is 10.5 Å². The molecule has 25 heavy (non-hydrogen) atoms. The number of carbonyl (C=O) groups is 1. The van der Waals surface area contributed by atoms with E-state index in [1.807, 2.05) is 19.1 Å². The molecule has 2 N–H and O–H groups in total. The van der Waals surface area contributed by atoms with Gasteiger partial charge in [-0.3, -0.25) is 0 Å². The summed E-state index contributed by atoms with van der Waals surface area (Å²) in [4.78, 5) is 12.3. The quantitative estimate of drug-likeness (QED) is 0.876. The molecule has 5 nitrogen and oxygen atoms in total. The highest BCUT2D eigenvalue weighted by molar-refractivity contribution is 6.31. The summed E-state index contributed by atoms with van der Waals surface area (Å²) in [6.45, 7) is 3.64. The number of anilines is 1. The van der Waals surface area contributed by atoms with Crippen LogP contribution in [0.5, 0.6) is 11.5 Å². The van der Waals surface area contributed by atoms with E-state index in [0.29, 0.717) is 30.5 Å². The summed E-state index contributed by atoms with van der Waals surface area (Å²) < 4.78 is 11.5. The number of rotatable bonds is 3. The number of urea groups is 1. The second-order valence-electron chi connectivity index (χ2n) is 6.24. The van der Waals surface area contributed by atoms with Crippen molar-refractivity contribution in [1.82, 2.24) is 5.32 Å². The second-order valence-corrected chi connectivity index (χ2v) is 6.64. The van der Waals surface area contributed by atoms with Crippen LogP contribution >= 0.6 is 11.6 Å². The normalized spacial score (nSPS) is 14.3. The minimum Gasteiger partial charge on any atom is -0.493 e. The molecule has 0 radical (unpaired) electrons. The van der Waals surface area contributed by atoms with Gasteiger partial charge in [-0.05, 0) is 30.7 Å². The van der Waals surface area contributed by atoms with Crippen LogP contribution in [0.25, 0.3) is 0 Å². The third kappa shape index (κ3) is 3.00. The molecule has 2 heterocycles. The van der Waals surface area contributed by atoms with Gasteiger partial charge in [0.05, 0.1) is 13.2 Å². The van der Waals surface area contributed by atoms with Gasteiger partial charge in [0.25, 0.3) is 0 Å². The predicted octanol–water partition coefficient (Wildman–Crippen LogP) is 3.84. The zero-order chi connectivity index (χ0) is 17.4. The maximum absolute atomic E-state index is 12.3. The Balaban J connectivity index is 1.50. The Bertz CT molecular complexity index is 819. The Morgan fingerprint density at radius 1 is 1.24 bits per heavy atom. The first-order chi connectivity index (χ1) is 12.1. The van der Waals surface area contributed by atoms with Crippen molar-refractivity contribution in [3.8, 4) is 11.5 Å². The van der Waals surface area contributed by atoms with Crippen molar-refractivity contribution in [2.24, 2.45) is 0 Å². The van der Waals surface area contributed by atoms with Gasteiger partial charge in [-0.1, -0.05) is 17.7 Å². The van der Waals surface area contributed by atoms with Crippen LogP contribution in [-0.2, 0) is 19.4 Å². The van der Waals surface area contributed by atoms with Crippen molar-refractivity contribution in [3.05, 3.63) is 51.5 Å². The van der Waals surface area contributed by atoms with E-state index in [1.165, 1.54) is 0 Å². The molecule has 0 aliphatic carbocycles. The molecule has 0 bridgehead atoms. The van der Waals surface area contributed by atoms with Crippen LogP contribution in [0, 0.1) is 6.92 Å². The predicted molar refractivity (Wildman–Crippen MR) is 96.9 cm³/mol. The number of halogens is 1. The standard InChI is InChI=1S/C19H19ClN2O3/c1-11-15(20)3-2-4-16(11)22-19(23)21-10-14-13-6-8-24-17(13)9-12-5-7-25-18(12)14/h2-4,9H,5-8,10H2,1H3,(H2,21,22,23). The smallest absolute Gasteiger partial charge is 0.319 e. The molecule has 2 aliphatic heterocycles. The van der Waals surface area contributed by atoms with Crippen molar-refractivity contribution in [2.45, 2.75) is 26.3 Å². The number of nitrogens with one attached hydrogen (secondary N) is 2. The number of benzene rings is 2. The summed E-state index contributed by atoms with van der Waals surface area (Å²) >= 11 is 6.10. The van der Waals surface area contributed by atoms with Gasteiger partial charge in [-0.25, -0.2) is 4.79 Å². The summed E-state index contributed by atoms with van der Waals surface area (Å²) in [5, 5.41) is 6.40. The monoisotopic (exact) mass is 358 g/mol. The maximum Gasteiger partial charge on any atom is 0.319 e. The minimum absolute atomic E-state index is 0.270. The Morgan fingerprint density at radius 2 is 2.08 bits per heavy atom. The molecule has 0 atom stereocenters. The van der Waals surface area contributed by atoms with E-state index in [2.05, 4.69) is 16.7 Å². The van der Waals surface area contributed by atoms with Gasteiger partial charge in [-0.2, -0.15) is 0 Å². The average molecular weight is 359 g/mol. The van der Waals surface area contributed by atoms with Crippen molar-refractivity contribution in [2.75, 3.05) is 18.5 Å². The van der Waals surface area contributed by atoms with E-state index in [4.69, 9.17) is 21.1 Å². The summed E-state index contributed by atoms with van der Waals surface area (Å²) in [5.74, 6) is 1.83. The highest BCUT2D eigenvalue weighted by atomic mass is 35.5. The van der Waals surface area contributed by atoms with Crippen molar-refractivity contribution in [1.29, 1.82) is 0 Å². The minimum atomic E-state index is -0.270. The van der Waals surface area contributed by atoms with Crippen molar-refractivity contribution >= 4 is 23.3 Å². The molecule has 0 unspecified atom stereocenters. The third-order valence-electron chi connectivity index (χ3n) is 4.70. The molecule has 0 spiro atoms. The lowest BCUT2D eigenvalue weighted by Gasteiger charge is -2.15. The van der Waals surface area contributed by atoms with Crippen LogP contribution in [0.15, 0.2) is 24.3 Å². The van der Waals surface area contributed by atoms with Gasteiger partial charge in [0.1, 0.15) is 11.5 Å². The van der Waals surface area contributed by atoms with E-state index in [1.54, 1.807) is 6.07 Å². The van der Waals surface area contributed by atoms with Gasteiger partial charge < -0.3 is 20.1 Å². The largest absolute Gasteiger partial charge is 0.493 e. The number of carbonyl (C=O) groups excluding carboxylic acids is 1. The van der Waals surface area contributed by atoms with Gasteiger partial charge in [0.15, 0.2) is 0 Å². The summed E-state index contributed by atoms with van der Waals surface area (Å²) in [5.41, 5.74) is 4.87. The molecule has 0 saturated carbocycles. The van der Waals surface area contributed by atoms with Crippen molar-refractivity contribution in [3.63, 3.8) is 0 Å². The van der Waals surface area contributed by atoms with E-state index in [-0.39, 0.29) is 6.03 Å². The molecule has 2 aromatic rings. The van der Waals surface area contributed by atoms with Crippen LogP contribution in [0.3, 0.4) is 0 Å². The van der Waals surface area contributed by atoms with E-state index in [0.717, 1.165) is 46.6 Å². The fraction of sp³-hybridized carbons (Fsp3) is 0.316. The molecule has 4 rings (SSSR count). The first-order valence-electron chi connectivity index (χ1n) is 8.36. The number of hydrogen-bond donors (Lipinski definition) is 2. The molecular weight excluding hydrogens is 340 g/mol. The number of ether oxygens (including phenoxy) is 2. The first kappa shape index (κ1) is 16.1. The highest BCUT2D eigenvalue weighted by Crippen LogP contribution is 2.40. The first-order valence-corrected chi connectivity index (χ1v) is 8.74. The number of fused-ring (bicyclic) bond motifs is 2. The average Bonchev–Trinajstić information content (AvgIpc) is 3.24. The van der Waals surface area contributed by atoms with Gasteiger partial charge in [0.2, 0.25) is 0 Å². The lowest BCUT2D eigenvalue weighted by atomic mass is 9.99. The van der Waals surface area contributed by atoms with Gasteiger partial charge >= 0.3 is 6.03 Å². The molecule has 130 valence electrons. The lowest BCUT2D eigenvalue weighted by Crippen LogP contribution is -2.29. The third-order valence-corrected chi connectivity index (χ3v) is 5.11. The molecule has 2 aliphatic rings. The van der Waals surface area contributed by atoms with Crippen LogP contribution < -0.4 is 20.1 Å².